The van der Waals surface area contributed by atoms with Gasteiger partial charge in [0.2, 0.25) is 11.8 Å². The van der Waals surface area contributed by atoms with Gasteiger partial charge in [-0.25, -0.2) is 4.90 Å². The largest absolute Gasteiger partial charge is 0.495 e. The highest BCUT2D eigenvalue weighted by atomic mass is 16.5. The molecule has 5 unspecified atom stereocenters. The van der Waals surface area contributed by atoms with Crippen LogP contribution in [0, 0.1) is 11.8 Å². The zero-order valence-corrected chi connectivity index (χ0v) is 19.1. The summed E-state index contributed by atoms with van der Waals surface area (Å²) < 4.78 is 5.51. The van der Waals surface area contributed by atoms with Gasteiger partial charge in [0.05, 0.1) is 24.6 Å². The van der Waals surface area contributed by atoms with Crippen molar-refractivity contribution >= 4 is 17.5 Å². The van der Waals surface area contributed by atoms with Crippen molar-refractivity contribution in [3.63, 3.8) is 0 Å². The Morgan fingerprint density at radius 2 is 1.39 bits per heavy atom. The number of rotatable bonds is 4. The van der Waals surface area contributed by atoms with E-state index >= 15 is 0 Å². The van der Waals surface area contributed by atoms with E-state index in [1.54, 1.807) is 19.2 Å². The Morgan fingerprint density at radius 1 is 0.818 bits per heavy atom. The maximum atomic E-state index is 14.0. The van der Waals surface area contributed by atoms with Gasteiger partial charge in [-0.2, -0.15) is 0 Å². The molecule has 1 fully saturated rings. The third kappa shape index (κ3) is 2.64. The predicted octanol–water partition coefficient (Wildman–Crippen LogP) is 5.61. The minimum absolute atomic E-state index is 0.103. The zero-order valence-electron chi connectivity index (χ0n) is 19.1. The van der Waals surface area contributed by atoms with Crippen LogP contribution >= 0.6 is 0 Å². The van der Waals surface area contributed by atoms with Crippen molar-refractivity contribution in [2.24, 2.45) is 11.8 Å². The Morgan fingerprint density at radius 3 is 2.03 bits per heavy atom. The van der Waals surface area contributed by atoms with Crippen molar-refractivity contribution in [3.8, 4) is 5.75 Å². The third-order valence-electron chi connectivity index (χ3n) is 8.07. The van der Waals surface area contributed by atoms with Gasteiger partial charge in [0.1, 0.15) is 5.75 Å². The molecule has 3 aliphatic carbocycles. The van der Waals surface area contributed by atoms with Crippen LogP contribution in [0.15, 0.2) is 66.7 Å². The lowest BCUT2D eigenvalue weighted by Crippen LogP contribution is -2.41. The minimum Gasteiger partial charge on any atom is -0.495 e. The molecule has 7 rings (SSSR count). The molecule has 0 radical (unpaired) electrons. The molecule has 3 aromatic rings. The van der Waals surface area contributed by atoms with E-state index in [0.717, 1.165) is 6.42 Å². The van der Waals surface area contributed by atoms with Crippen LogP contribution in [0.5, 0.6) is 5.75 Å². The highest BCUT2D eigenvalue weighted by Crippen LogP contribution is 2.61. The summed E-state index contributed by atoms with van der Waals surface area (Å²) in [7, 11) is 1.57. The molecular formula is C29H27NO3. The van der Waals surface area contributed by atoms with Crippen molar-refractivity contribution in [1.82, 2.24) is 0 Å². The number of ether oxygens (including phenoxy) is 1. The van der Waals surface area contributed by atoms with Crippen LogP contribution in [-0.2, 0) is 9.59 Å². The molecule has 4 nitrogen and oxygen atoms in total. The summed E-state index contributed by atoms with van der Waals surface area (Å²) in [6.07, 6.45) is 1.06. The molecule has 2 amide bonds. The molecule has 1 saturated heterocycles. The molecule has 4 heteroatoms. The van der Waals surface area contributed by atoms with Gasteiger partial charge >= 0.3 is 0 Å². The van der Waals surface area contributed by atoms with Crippen molar-refractivity contribution in [2.45, 2.75) is 38.0 Å². The van der Waals surface area contributed by atoms with E-state index < -0.39 is 0 Å². The van der Waals surface area contributed by atoms with E-state index in [1.807, 2.05) is 24.3 Å². The first kappa shape index (κ1) is 20.2. The Bertz CT molecular complexity index is 1300. The molecule has 5 atom stereocenters. The normalized spacial score (nSPS) is 25.5. The fourth-order valence-electron chi connectivity index (χ4n) is 6.34. The summed E-state index contributed by atoms with van der Waals surface area (Å²) in [5.41, 5.74) is 6.65. The number of methoxy groups -OCH3 is 1. The van der Waals surface area contributed by atoms with E-state index in [-0.39, 0.29) is 35.5 Å². The lowest BCUT2D eigenvalue weighted by Gasteiger charge is -2.46. The molecule has 33 heavy (non-hydrogen) atoms. The zero-order chi connectivity index (χ0) is 22.9. The molecule has 0 spiro atoms. The molecule has 0 saturated carbocycles. The van der Waals surface area contributed by atoms with Gasteiger partial charge in [0, 0.05) is 11.8 Å². The van der Waals surface area contributed by atoms with Crippen LogP contribution < -0.4 is 9.64 Å². The Labute approximate surface area is 194 Å². The second kappa shape index (κ2) is 7.31. The number of carbonyl (C=O) groups is 2. The number of hydrogen-bond donors (Lipinski definition) is 0. The fraction of sp³-hybridized carbons (Fsp3) is 0.310. The summed E-state index contributed by atoms with van der Waals surface area (Å²) in [4.78, 5) is 29.2. The number of carbonyl (C=O) groups excluding carboxylic acids is 2. The first-order valence-corrected chi connectivity index (χ1v) is 11.8. The quantitative estimate of drug-likeness (QED) is 0.499. The average molecular weight is 438 g/mol. The molecule has 1 heterocycles. The van der Waals surface area contributed by atoms with E-state index in [2.05, 4.69) is 44.2 Å². The maximum Gasteiger partial charge on any atom is 0.238 e. The topological polar surface area (TPSA) is 46.6 Å². The molecule has 2 bridgehead atoms. The third-order valence-corrected chi connectivity index (χ3v) is 8.07. The molecule has 0 N–H and O–H groups in total. The average Bonchev–Trinajstić information content (AvgIpc) is 3.13. The number of anilines is 1. The Balaban J connectivity index is 1.55. The van der Waals surface area contributed by atoms with Gasteiger partial charge in [0.25, 0.3) is 0 Å². The number of nitrogens with zero attached hydrogens (tertiary/aromatic N) is 1. The van der Waals surface area contributed by atoms with Gasteiger partial charge in [-0.05, 0) is 52.3 Å². The molecule has 3 aromatic carbocycles. The second-order valence-electron chi connectivity index (χ2n) is 9.52. The number of imide groups is 1. The van der Waals surface area contributed by atoms with Crippen LogP contribution in [0.2, 0.25) is 0 Å². The van der Waals surface area contributed by atoms with Gasteiger partial charge in [0.15, 0.2) is 0 Å². The van der Waals surface area contributed by atoms with E-state index in [0.29, 0.717) is 17.4 Å². The number of hydrogen-bond acceptors (Lipinski definition) is 3. The summed E-state index contributed by atoms with van der Waals surface area (Å²) in [5.74, 6) is -0.215. The highest BCUT2D eigenvalue weighted by Gasteiger charge is 2.62. The van der Waals surface area contributed by atoms with Crippen molar-refractivity contribution in [3.05, 3.63) is 94.5 Å². The van der Waals surface area contributed by atoms with Crippen molar-refractivity contribution in [2.75, 3.05) is 12.0 Å². The standard InChI is InChI=1S/C29H27NO3/c1-4-16(2)17-13-14-20-21(15-17)25-19-10-6-5-9-18(19)24(20)26-27(25)29(32)30(28(26)31)22-11-7-8-12-23(22)33-3/h5-16,24-27H,4H2,1-3H3. The molecule has 0 aromatic heterocycles. The first-order chi connectivity index (χ1) is 16.1. The predicted molar refractivity (Wildman–Crippen MR) is 128 cm³/mol. The van der Waals surface area contributed by atoms with Crippen LogP contribution in [0.1, 0.15) is 65.8 Å². The summed E-state index contributed by atoms with van der Waals surface area (Å²) >= 11 is 0. The second-order valence-corrected chi connectivity index (χ2v) is 9.52. The molecular weight excluding hydrogens is 410 g/mol. The monoisotopic (exact) mass is 437 g/mol. The van der Waals surface area contributed by atoms with E-state index in [9.17, 15) is 9.59 Å². The summed E-state index contributed by atoms with van der Waals surface area (Å²) in [6.45, 7) is 4.44. The van der Waals surface area contributed by atoms with Crippen molar-refractivity contribution in [1.29, 1.82) is 0 Å². The maximum absolute atomic E-state index is 14.0. The lowest BCUT2D eigenvalue weighted by molar-refractivity contribution is -0.122. The van der Waals surface area contributed by atoms with Crippen LogP contribution in [0.3, 0.4) is 0 Å². The van der Waals surface area contributed by atoms with Crippen LogP contribution in [0.4, 0.5) is 5.69 Å². The lowest BCUT2D eigenvalue weighted by atomic mass is 9.54. The highest BCUT2D eigenvalue weighted by molar-refractivity contribution is 6.24. The SMILES string of the molecule is CCC(C)c1ccc2c(c1)C1c3ccccc3C2C2C(=O)N(c3ccccc3OC)C(=O)C12. The van der Waals surface area contributed by atoms with E-state index in [4.69, 9.17) is 4.74 Å². The fourth-order valence-corrected chi connectivity index (χ4v) is 6.34. The minimum atomic E-state index is -0.387. The first-order valence-electron chi connectivity index (χ1n) is 11.8. The van der Waals surface area contributed by atoms with E-state index in [1.165, 1.54) is 32.7 Å². The molecule has 1 aliphatic heterocycles. The van der Waals surface area contributed by atoms with Crippen molar-refractivity contribution < 1.29 is 14.3 Å². The molecule has 4 aliphatic rings. The number of amides is 2. The Kier molecular flexibility index (Phi) is 4.48. The smallest absolute Gasteiger partial charge is 0.238 e. The van der Waals surface area contributed by atoms with Gasteiger partial charge in [-0.3, -0.25) is 9.59 Å². The summed E-state index contributed by atoms with van der Waals surface area (Å²) in [6, 6.07) is 22.4. The Hall–Kier alpha value is -3.40. The van der Waals surface area contributed by atoms with Gasteiger partial charge in [-0.15, -0.1) is 0 Å². The van der Waals surface area contributed by atoms with Crippen LogP contribution in [-0.4, -0.2) is 18.9 Å². The van der Waals surface area contributed by atoms with Gasteiger partial charge in [-0.1, -0.05) is 68.4 Å². The summed E-state index contributed by atoms with van der Waals surface area (Å²) in [5, 5.41) is 0. The number of benzene rings is 3. The van der Waals surface area contributed by atoms with Gasteiger partial charge < -0.3 is 4.74 Å². The number of para-hydroxylation sites is 2. The van der Waals surface area contributed by atoms with Crippen LogP contribution in [0.25, 0.3) is 0 Å². The molecule has 166 valence electrons.